The van der Waals surface area contributed by atoms with Gasteiger partial charge in [-0.2, -0.15) is 0 Å². The number of amides is 2. The summed E-state index contributed by atoms with van der Waals surface area (Å²) in [5.74, 6) is 0.147. The lowest BCUT2D eigenvalue weighted by Crippen LogP contribution is -2.49. The Balaban J connectivity index is 2.24. The first-order valence-corrected chi connectivity index (χ1v) is 7.66. The van der Waals surface area contributed by atoms with Gasteiger partial charge < -0.3 is 10.2 Å². The van der Waals surface area contributed by atoms with E-state index in [1.165, 1.54) is 0 Å². The predicted molar refractivity (Wildman–Crippen MR) is 82.5 cm³/mol. The molecule has 2 amide bonds. The van der Waals surface area contributed by atoms with E-state index in [1.54, 1.807) is 0 Å². The van der Waals surface area contributed by atoms with Gasteiger partial charge in [0.15, 0.2) is 0 Å². The monoisotopic (exact) mass is 288 g/mol. The molecule has 0 bridgehead atoms. The van der Waals surface area contributed by atoms with Gasteiger partial charge in [0.25, 0.3) is 0 Å². The number of benzene rings is 1. The molecule has 0 saturated carbocycles. The third-order valence-corrected chi connectivity index (χ3v) is 4.29. The number of carbonyl (C=O) groups is 2. The van der Waals surface area contributed by atoms with Crippen LogP contribution in [0.5, 0.6) is 0 Å². The van der Waals surface area contributed by atoms with E-state index in [0.717, 1.165) is 12.0 Å². The maximum absolute atomic E-state index is 12.8. The first-order valence-electron chi connectivity index (χ1n) is 7.66. The SMILES string of the molecule is CCC(C)C1NC(=O)CC(C)N(Cc2ccccc2)C1=O. The quantitative estimate of drug-likeness (QED) is 0.924. The van der Waals surface area contributed by atoms with Gasteiger partial charge in [-0.1, -0.05) is 50.6 Å². The van der Waals surface area contributed by atoms with Crippen LogP contribution in [0.4, 0.5) is 0 Å². The molecule has 114 valence electrons. The van der Waals surface area contributed by atoms with Crippen LogP contribution in [0.15, 0.2) is 30.3 Å². The Morgan fingerprint density at radius 1 is 1.29 bits per heavy atom. The fourth-order valence-corrected chi connectivity index (χ4v) is 2.70. The number of nitrogens with one attached hydrogen (secondary N) is 1. The first kappa shape index (κ1) is 15.5. The molecule has 1 saturated heterocycles. The van der Waals surface area contributed by atoms with Gasteiger partial charge in [0.2, 0.25) is 11.8 Å². The van der Waals surface area contributed by atoms with Gasteiger partial charge in [0, 0.05) is 19.0 Å². The normalized spacial score (nSPS) is 24.4. The standard InChI is InChI=1S/C17H24N2O2/c1-4-12(2)16-17(21)19(13(3)10-15(20)18-16)11-14-8-6-5-7-9-14/h5-9,12-13,16H,4,10-11H2,1-3H3,(H,18,20). The number of carbonyl (C=O) groups excluding carboxylic acids is 2. The maximum atomic E-state index is 12.8. The van der Waals surface area contributed by atoms with Gasteiger partial charge in [-0.05, 0) is 18.4 Å². The van der Waals surface area contributed by atoms with Gasteiger partial charge >= 0.3 is 0 Å². The van der Waals surface area contributed by atoms with Gasteiger partial charge in [-0.25, -0.2) is 0 Å². The van der Waals surface area contributed by atoms with Crippen LogP contribution in [0.1, 0.15) is 39.2 Å². The lowest BCUT2D eigenvalue weighted by molar-refractivity contribution is -0.136. The summed E-state index contributed by atoms with van der Waals surface area (Å²) < 4.78 is 0. The highest BCUT2D eigenvalue weighted by Gasteiger charge is 2.36. The smallest absolute Gasteiger partial charge is 0.245 e. The summed E-state index contributed by atoms with van der Waals surface area (Å²) in [6.07, 6.45) is 1.23. The minimum atomic E-state index is -0.406. The fourth-order valence-electron chi connectivity index (χ4n) is 2.70. The summed E-state index contributed by atoms with van der Waals surface area (Å²) in [6, 6.07) is 9.44. The van der Waals surface area contributed by atoms with Crippen molar-refractivity contribution in [3.05, 3.63) is 35.9 Å². The Morgan fingerprint density at radius 3 is 2.57 bits per heavy atom. The van der Waals surface area contributed by atoms with Crippen LogP contribution in [-0.2, 0) is 16.1 Å². The molecule has 3 atom stereocenters. The summed E-state index contributed by atoms with van der Waals surface area (Å²) in [6.45, 7) is 6.56. The molecule has 3 unspecified atom stereocenters. The lowest BCUT2D eigenvalue weighted by Gasteiger charge is -2.30. The Labute approximate surface area is 126 Å². The summed E-state index contributed by atoms with van der Waals surface area (Å²) in [5, 5.41) is 2.90. The molecule has 4 nitrogen and oxygen atoms in total. The molecule has 1 aromatic carbocycles. The van der Waals surface area contributed by atoms with Crippen molar-refractivity contribution in [1.82, 2.24) is 10.2 Å². The second kappa shape index (κ2) is 6.74. The minimum Gasteiger partial charge on any atom is -0.344 e. The predicted octanol–water partition coefficient (Wildman–Crippen LogP) is 2.34. The van der Waals surface area contributed by atoms with Crippen LogP contribution in [0.2, 0.25) is 0 Å². The van der Waals surface area contributed by atoms with Crippen molar-refractivity contribution in [2.24, 2.45) is 5.92 Å². The average molecular weight is 288 g/mol. The molecule has 2 rings (SSSR count). The molecule has 0 aromatic heterocycles. The Bertz CT molecular complexity index is 501. The third-order valence-electron chi connectivity index (χ3n) is 4.29. The van der Waals surface area contributed by atoms with E-state index in [9.17, 15) is 9.59 Å². The highest BCUT2D eigenvalue weighted by molar-refractivity contribution is 5.90. The molecule has 1 fully saturated rings. The molecule has 0 radical (unpaired) electrons. The minimum absolute atomic E-state index is 0.0308. The highest BCUT2D eigenvalue weighted by atomic mass is 16.2. The molecule has 0 aliphatic carbocycles. The topological polar surface area (TPSA) is 49.4 Å². The maximum Gasteiger partial charge on any atom is 0.245 e. The molecule has 21 heavy (non-hydrogen) atoms. The summed E-state index contributed by atoms with van der Waals surface area (Å²) in [4.78, 5) is 26.6. The largest absolute Gasteiger partial charge is 0.344 e. The molecule has 0 spiro atoms. The van der Waals surface area contributed by atoms with Crippen LogP contribution in [0.25, 0.3) is 0 Å². The number of hydrogen-bond acceptors (Lipinski definition) is 2. The van der Waals surface area contributed by atoms with Crippen LogP contribution in [0, 0.1) is 5.92 Å². The van der Waals surface area contributed by atoms with Crippen molar-refractivity contribution >= 4 is 11.8 Å². The van der Waals surface area contributed by atoms with Crippen molar-refractivity contribution in [3.8, 4) is 0 Å². The van der Waals surface area contributed by atoms with Gasteiger partial charge in [0.1, 0.15) is 6.04 Å². The van der Waals surface area contributed by atoms with E-state index in [2.05, 4.69) is 5.32 Å². The molecule has 1 aromatic rings. The van der Waals surface area contributed by atoms with Crippen LogP contribution in [-0.4, -0.2) is 28.8 Å². The average Bonchev–Trinajstić information content (AvgIpc) is 2.58. The summed E-state index contributed by atoms with van der Waals surface area (Å²) >= 11 is 0. The zero-order valence-electron chi connectivity index (χ0n) is 13.0. The highest BCUT2D eigenvalue weighted by Crippen LogP contribution is 2.20. The van der Waals surface area contributed by atoms with E-state index < -0.39 is 6.04 Å². The van der Waals surface area contributed by atoms with Gasteiger partial charge in [-0.3, -0.25) is 9.59 Å². The molecule has 1 aliphatic rings. The second-order valence-corrected chi connectivity index (χ2v) is 5.94. The van der Waals surface area contributed by atoms with E-state index in [1.807, 2.05) is 56.0 Å². The Hall–Kier alpha value is -1.84. The zero-order valence-corrected chi connectivity index (χ0v) is 13.0. The van der Waals surface area contributed by atoms with E-state index in [-0.39, 0.29) is 23.8 Å². The number of hydrogen-bond donors (Lipinski definition) is 1. The van der Waals surface area contributed by atoms with Gasteiger partial charge in [0.05, 0.1) is 0 Å². The number of nitrogens with zero attached hydrogens (tertiary/aromatic N) is 1. The van der Waals surface area contributed by atoms with Crippen molar-refractivity contribution in [2.45, 2.75) is 52.2 Å². The third kappa shape index (κ3) is 3.63. The van der Waals surface area contributed by atoms with Gasteiger partial charge in [-0.15, -0.1) is 0 Å². The van der Waals surface area contributed by atoms with Crippen molar-refractivity contribution in [2.75, 3.05) is 0 Å². The molecule has 1 N–H and O–H groups in total. The van der Waals surface area contributed by atoms with Crippen LogP contribution >= 0.6 is 0 Å². The van der Waals surface area contributed by atoms with Crippen LogP contribution < -0.4 is 5.32 Å². The number of rotatable bonds is 4. The molecular weight excluding hydrogens is 264 g/mol. The van der Waals surface area contributed by atoms with Crippen LogP contribution in [0.3, 0.4) is 0 Å². The Kier molecular flexibility index (Phi) is 4.99. The lowest BCUT2D eigenvalue weighted by atomic mass is 9.98. The summed E-state index contributed by atoms with van der Waals surface area (Å²) in [7, 11) is 0. The fraction of sp³-hybridized carbons (Fsp3) is 0.529. The van der Waals surface area contributed by atoms with Crippen molar-refractivity contribution in [1.29, 1.82) is 0 Å². The van der Waals surface area contributed by atoms with Crippen molar-refractivity contribution in [3.63, 3.8) is 0 Å². The summed E-state index contributed by atoms with van der Waals surface area (Å²) in [5.41, 5.74) is 1.09. The molecule has 4 heteroatoms. The van der Waals surface area contributed by atoms with Crippen molar-refractivity contribution < 1.29 is 9.59 Å². The van der Waals surface area contributed by atoms with E-state index in [4.69, 9.17) is 0 Å². The molecular formula is C17H24N2O2. The first-order chi connectivity index (χ1) is 10.0. The molecule has 1 aliphatic heterocycles. The Morgan fingerprint density at radius 2 is 1.95 bits per heavy atom. The molecule has 1 heterocycles. The van der Waals surface area contributed by atoms with E-state index >= 15 is 0 Å². The second-order valence-electron chi connectivity index (χ2n) is 5.94. The van der Waals surface area contributed by atoms with E-state index in [0.29, 0.717) is 13.0 Å². The zero-order chi connectivity index (χ0) is 15.4.